The highest BCUT2D eigenvalue weighted by Crippen LogP contribution is 2.56. The van der Waals surface area contributed by atoms with Gasteiger partial charge >= 0.3 is 0 Å². The van der Waals surface area contributed by atoms with Gasteiger partial charge in [-0.2, -0.15) is 10.5 Å². The molecule has 0 unspecified atom stereocenters. The Morgan fingerprint density at radius 1 is 0.905 bits per heavy atom. The lowest BCUT2D eigenvalue weighted by Crippen LogP contribution is -2.52. The maximum Gasteiger partial charge on any atom is 0.226 e. The molecule has 0 aliphatic heterocycles. The van der Waals surface area contributed by atoms with Gasteiger partial charge in [0.2, 0.25) is 5.91 Å². The maximum atomic E-state index is 13.0. The van der Waals surface area contributed by atoms with Crippen molar-refractivity contribution in [3.63, 3.8) is 0 Å². The van der Waals surface area contributed by atoms with Crippen LogP contribution in [0.15, 0.2) is 0 Å². The fraction of sp³-hybridized carbons (Fsp3) is 0.824. The number of amides is 1. The summed E-state index contributed by atoms with van der Waals surface area (Å²) in [5, 5.41) is 17.6. The molecule has 4 bridgehead atoms. The summed E-state index contributed by atoms with van der Waals surface area (Å²) in [6, 6.07) is 4.24. The van der Waals surface area contributed by atoms with Crippen LogP contribution in [0.5, 0.6) is 0 Å². The number of carbonyl (C=O) groups is 1. The largest absolute Gasteiger partial charge is 0.340 e. The molecule has 0 atom stereocenters. The maximum absolute atomic E-state index is 13.0. The first kappa shape index (κ1) is 14.4. The Morgan fingerprint density at radius 2 is 1.38 bits per heavy atom. The van der Waals surface area contributed by atoms with Crippen molar-refractivity contribution in [1.82, 2.24) is 4.90 Å². The number of hydrogen-bond acceptors (Lipinski definition) is 3. The van der Waals surface area contributed by atoms with Crippen LogP contribution in [0.1, 0.15) is 44.9 Å². The second-order valence-corrected chi connectivity index (χ2v) is 7.10. The SMILES string of the molecule is N#CCCN(CCC#N)C(=O)C1C2CC3CC(C2)CC1C3. The Kier molecular flexibility index (Phi) is 4.15. The smallest absolute Gasteiger partial charge is 0.226 e. The van der Waals surface area contributed by atoms with Crippen molar-refractivity contribution in [1.29, 1.82) is 10.5 Å². The van der Waals surface area contributed by atoms with E-state index in [9.17, 15) is 4.79 Å². The average Bonchev–Trinajstić information content (AvgIpc) is 2.46. The standard InChI is InChI=1S/C17H23N3O/c18-3-1-5-20(6-2-4-19)17(21)16-14-8-12-7-13(10-14)11-15(16)9-12/h12-16H,1-2,5-11H2. The van der Waals surface area contributed by atoms with Crippen LogP contribution in [0.2, 0.25) is 0 Å². The molecule has 0 N–H and O–H groups in total. The van der Waals surface area contributed by atoms with Gasteiger partial charge in [0.05, 0.1) is 25.0 Å². The molecule has 0 spiro atoms. The fourth-order valence-electron chi connectivity index (χ4n) is 5.24. The van der Waals surface area contributed by atoms with Gasteiger partial charge in [0.15, 0.2) is 0 Å². The third-order valence-corrected chi connectivity index (χ3v) is 5.81. The van der Waals surface area contributed by atoms with Crippen LogP contribution < -0.4 is 0 Å². The quantitative estimate of drug-likeness (QED) is 0.780. The lowest BCUT2D eigenvalue weighted by atomic mass is 9.51. The van der Waals surface area contributed by atoms with E-state index in [0.717, 1.165) is 11.8 Å². The first-order valence-electron chi connectivity index (χ1n) is 8.25. The van der Waals surface area contributed by atoms with E-state index >= 15 is 0 Å². The minimum absolute atomic E-state index is 0.176. The average molecular weight is 285 g/mol. The minimum atomic E-state index is 0.176. The zero-order valence-electron chi connectivity index (χ0n) is 12.5. The Morgan fingerprint density at radius 3 is 1.81 bits per heavy atom. The van der Waals surface area contributed by atoms with Crippen LogP contribution in [0, 0.1) is 52.3 Å². The summed E-state index contributed by atoms with van der Waals surface area (Å²) in [7, 11) is 0. The zero-order valence-corrected chi connectivity index (χ0v) is 12.5. The normalized spacial score (nSPS) is 36.0. The molecule has 4 nitrogen and oxygen atoms in total. The molecule has 4 aliphatic rings. The van der Waals surface area contributed by atoms with Gasteiger partial charge < -0.3 is 4.90 Å². The van der Waals surface area contributed by atoms with Crippen molar-refractivity contribution in [2.45, 2.75) is 44.9 Å². The molecule has 0 aromatic carbocycles. The molecule has 4 rings (SSSR count). The van der Waals surface area contributed by atoms with Crippen molar-refractivity contribution in [3.8, 4) is 12.1 Å². The van der Waals surface area contributed by atoms with E-state index in [2.05, 4.69) is 12.1 Å². The van der Waals surface area contributed by atoms with Gasteiger partial charge in [-0.15, -0.1) is 0 Å². The number of nitriles is 2. The summed E-state index contributed by atoms with van der Waals surface area (Å²) in [4.78, 5) is 14.7. The van der Waals surface area contributed by atoms with Crippen LogP contribution in [0.3, 0.4) is 0 Å². The Balaban J connectivity index is 1.70. The van der Waals surface area contributed by atoms with Crippen LogP contribution >= 0.6 is 0 Å². The molecule has 1 amide bonds. The molecule has 0 aromatic rings. The highest BCUT2D eigenvalue weighted by Gasteiger charge is 2.51. The highest BCUT2D eigenvalue weighted by atomic mass is 16.2. The van der Waals surface area contributed by atoms with E-state index in [4.69, 9.17) is 10.5 Å². The van der Waals surface area contributed by atoms with Crippen molar-refractivity contribution in [2.75, 3.05) is 13.1 Å². The van der Waals surface area contributed by atoms with E-state index in [-0.39, 0.29) is 11.8 Å². The predicted molar refractivity (Wildman–Crippen MR) is 77.6 cm³/mol. The molecule has 4 aliphatic carbocycles. The second kappa shape index (κ2) is 6.06. The lowest BCUT2D eigenvalue weighted by Gasteiger charge is -2.54. The van der Waals surface area contributed by atoms with Crippen LogP contribution in [0.25, 0.3) is 0 Å². The monoisotopic (exact) mass is 285 g/mol. The van der Waals surface area contributed by atoms with Gasteiger partial charge in [-0.25, -0.2) is 0 Å². The van der Waals surface area contributed by atoms with Crippen molar-refractivity contribution < 1.29 is 4.79 Å². The van der Waals surface area contributed by atoms with Crippen molar-refractivity contribution >= 4 is 5.91 Å². The number of hydrogen-bond donors (Lipinski definition) is 0. The molecule has 0 radical (unpaired) electrons. The van der Waals surface area contributed by atoms with Crippen LogP contribution in [-0.4, -0.2) is 23.9 Å². The zero-order chi connectivity index (χ0) is 14.8. The van der Waals surface area contributed by atoms with E-state index in [0.29, 0.717) is 37.8 Å². The highest BCUT2D eigenvalue weighted by molar-refractivity contribution is 5.80. The molecular weight excluding hydrogens is 262 g/mol. The van der Waals surface area contributed by atoms with Gasteiger partial charge in [-0.3, -0.25) is 4.79 Å². The molecule has 4 heteroatoms. The summed E-state index contributed by atoms with van der Waals surface area (Å²) in [6.45, 7) is 0.972. The van der Waals surface area contributed by atoms with Gasteiger partial charge in [-0.1, -0.05) is 0 Å². The summed E-state index contributed by atoms with van der Waals surface area (Å²) in [5.41, 5.74) is 0. The molecule has 4 saturated carbocycles. The van der Waals surface area contributed by atoms with E-state index in [1.54, 1.807) is 4.90 Å². The molecule has 0 saturated heterocycles. The summed E-state index contributed by atoms with van der Waals surface area (Å²) in [6.07, 6.45) is 7.04. The molecule has 4 fully saturated rings. The minimum Gasteiger partial charge on any atom is -0.340 e. The summed E-state index contributed by atoms with van der Waals surface area (Å²) >= 11 is 0. The Hall–Kier alpha value is -1.55. The van der Waals surface area contributed by atoms with Crippen LogP contribution in [-0.2, 0) is 4.79 Å². The van der Waals surface area contributed by atoms with E-state index in [1.807, 2.05) is 0 Å². The van der Waals surface area contributed by atoms with Gasteiger partial charge in [-0.05, 0) is 55.8 Å². The van der Waals surface area contributed by atoms with Gasteiger partial charge in [0, 0.05) is 19.0 Å². The fourth-order valence-corrected chi connectivity index (χ4v) is 5.24. The summed E-state index contributed by atoms with van der Waals surface area (Å²) < 4.78 is 0. The third kappa shape index (κ3) is 2.77. The molecule has 0 heterocycles. The molecule has 112 valence electrons. The predicted octanol–water partition coefficient (Wildman–Crippen LogP) is 2.71. The first-order valence-corrected chi connectivity index (χ1v) is 8.25. The Labute approximate surface area is 126 Å². The third-order valence-electron chi connectivity index (χ3n) is 5.81. The number of rotatable bonds is 5. The van der Waals surface area contributed by atoms with Gasteiger partial charge in [0.1, 0.15) is 0 Å². The van der Waals surface area contributed by atoms with Crippen LogP contribution in [0.4, 0.5) is 0 Å². The summed E-state index contributed by atoms with van der Waals surface area (Å²) in [5.74, 6) is 3.27. The van der Waals surface area contributed by atoms with Crippen molar-refractivity contribution in [2.24, 2.45) is 29.6 Å². The van der Waals surface area contributed by atoms with Gasteiger partial charge in [0.25, 0.3) is 0 Å². The number of carbonyl (C=O) groups excluding carboxylic acids is 1. The number of nitrogens with zero attached hydrogens (tertiary/aromatic N) is 3. The second-order valence-electron chi connectivity index (χ2n) is 7.10. The van der Waals surface area contributed by atoms with E-state index < -0.39 is 0 Å². The topological polar surface area (TPSA) is 67.9 Å². The lowest BCUT2D eigenvalue weighted by molar-refractivity contribution is -0.149. The molecule has 21 heavy (non-hydrogen) atoms. The first-order chi connectivity index (χ1) is 10.2. The Bertz CT molecular complexity index is 441. The van der Waals surface area contributed by atoms with Crippen molar-refractivity contribution in [3.05, 3.63) is 0 Å². The van der Waals surface area contributed by atoms with E-state index in [1.165, 1.54) is 32.1 Å². The molecular formula is C17H23N3O. The molecule has 0 aromatic heterocycles.